The van der Waals surface area contributed by atoms with Gasteiger partial charge in [0, 0.05) is 11.5 Å². The number of rotatable bonds is 6. The molecule has 1 N–H and O–H groups in total. The molecule has 0 saturated carbocycles. The molecule has 0 aliphatic carbocycles. The molecular formula is C16H16N2O4S. The Labute approximate surface area is 137 Å². The summed E-state index contributed by atoms with van der Waals surface area (Å²) in [5.41, 5.74) is 1.65. The summed E-state index contributed by atoms with van der Waals surface area (Å²) >= 11 is 1.31. The van der Waals surface area contributed by atoms with Gasteiger partial charge in [-0.15, -0.1) is 11.3 Å². The molecule has 0 fully saturated rings. The first-order valence-corrected chi connectivity index (χ1v) is 7.65. The molecule has 0 unspecified atom stereocenters. The first-order chi connectivity index (χ1) is 11.1. The maximum absolute atomic E-state index is 11.6. The zero-order valence-electron chi connectivity index (χ0n) is 12.7. The molecule has 0 bridgehead atoms. The van der Waals surface area contributed by atoms with Crippen molar-refractivity contribution in [2.75, 3.05) is 19.0 Å². The van der Waals surface area contributed by atoms with Gasteiger partial charge in [-0.05, 0) is 30.7 Å². The van der Waals surface area contributed by atoms with Crippen LogP contribution in [0.1, 0.15) is 11.3 Å². The number of nitrogens with zero attached hydrogens (tertiary/aromatic N) is 1. The molecule has 0 aliphatic heterocycles. The van der Waals surface area contributed by atoms with Crippen LogP contribution in [0.25, 0.3) is 6.08 Å². The van der Waals surface area contributed by atoms with Gasteiger partial charge in [0.15, 0.2) is 11.7 Å². The van der Waals surface area contributed by atoms with E-state index in [1.807, 2.05) is 12.3 Å². The minimum absolute atomic E-state index is 0.357. The van der Waals surface area contributed by atoms with Gasteiger partial charge in [0.1, 0.15) is 5.75 Å². The van der Waals surface area contributed by atoms with Crippen LogP contribution in [0.15, 0.2) is 35.7 Å². The lowest BCUT2D eigenvalue weighted by molar-refractivity contribution is -0.142. The highest BCUT2D eigenvalue weighted by atomic mass is 32.1. The Bertz CT molecular complexity index is 707. The van der Waals surface area contributed by atoms with E-state index in [0.29, 0.717) is 5.13 Å². The largest absolute Gasteiger partial charge is 0.497 e. The molecule has 7 heteroatoms. The number of amides is 1. The smallest absolute Gasteiger partial charge is 0.331 e. The average Bonchev–Trinajstić information content (AvgIpc) is 2.96. The summed E-state index contributed by atoms with van der Waals surface area (Å²) in [6, 6.07) is 7.18. The molecule has 0 radical (unpaired) electrons. The third-order valence-electron chi connectivity index (χ3n) is 2.74. The number of carbonyl (C=O) groups excluding carboxylic acids is 2. The highest BCUT2D eigenvalue weighted by Crippen LogP contribution is 2.14. The van der Waals surface area contributed by atoms with E-state index < -0.39 is 11.9 Å². The number of hydrogen-bond acceptors (Lipinski definition) is 6. The third-order valence-corrected chi connectivity index (χ3v) is 3.61. The van der Waals surface area contributed by atoms with E-state index in [9.17, 15) is 9.59 Å². The van der Waals surface area contributed by atoms with Crippen molar-refractivity contribution in [3.8, 4) is 5.75 Å². The standard InChI is InChI=1S/C16H16N2O4S/c1-11-10-23-16(17-11)18-14(19)9-22-15(20)8-5-12-3-6-13(21-2)7-4-12/h3-8,10H,9H2,1-2H3,(H,17,18,19)/b8-5+. The van der Waals surface area contributed by atoms with Crippen LogP contribution in [-0.4, -0.2) is 30.6 Å². The van der Waals surface area contributed by atoms with E-state index in [1.165, 1.54) is 17.4 Å². The van der Waals surface area contributed by atoms with Gasteiger partial charge >= 0.3 is 5.97 Å². The summed E-state index contributed by atoms with van der Waals surface area (Å²) in [6.07, 6.45) is 2.87. The Morgan fingerprint density at radius 1 is 1.30 bits per heavy atom. The minimum Gasteiger partial charge on any atom is -0.497 e. The maximum Gasteiger partial charge on any atom is 0.331 e. The summed E-state index contributed by atoms with van der Waals surface area (Å²) in [7, 11) is 1.58. The highest BCUT2D eigenvalue weighted by Gasteiger charge is 2.07. The second-order valence-corrected chi connectivity index (χ2v) is 5.41. The Balaban J connectivity index is 1.77. The summed E-state index contributed by atoms with van der Waals surface area (Å²) in [5, 5.41) is 4.86. The number of hydrogen-bond donors (Lipinski definition) is 1. The van der Waals surface area contributed by atoms with Crippen LogP contribution in [0.3, 0.4) is 0 Å². The fourth-order valence-electron chi connectivity index (χ4n) is 1.63. The maximum atomic E-state index is 11.6. The van der Waals surface area contributed by atoms with Crippen LogP contribution >= 0.6 is 11.3 Å². The van der Waals surface area contributed by atoms with Crippen LogP contribution in [0.5, 0.6) is 5.75 Å². The third kappa shape index (κ3) is 5.55. The predicted molar refractivity (Wildman–Crippen MR) is 88.5 cm³/mol. The zero-order chi connectivity index (χ0) is 16.7. The van der Waals surface area contributed by atoms with Gasteiger partial charge in [0.25, 0.3) is 5.91 Å². The molecule has 2 aromatic rings. The van der Waals surface area contributed by atoms with E-state index in [2.05, 4.69) is 10.3 Å². The number of anilines is 1. The molecule has 0 saturated heterocycles. The molecule has 0 atom stereocenters. The van der Waals surface area contributed by atoms with E-state index in [-0.39, 0.29) is 6.61 Å². The van der Waals surface area contributed by atoms with Gasteiger partial charge in [0.05, 0.1) is 12.8 Å². The van der Waals surface area contributed by atoms with Gasteiger partial charge in [0.2, 0.25) is 0 Å². The van der Waals surface area contributed by atoms with Crippen LogP contribution < -0.4 is 10.1 Å². The number of methoxy groups -OCH3 is 1. The molecule has 120 valence electrons. The lowest BCUT2D eigenvalue weighted by atomic mass is 10.2. The van der Waals surface area contributed by atoms with Gasteiger partial charge in [-0.3, -0.25) is 10.1 Å². The Hall–Kier alpha value is -2.67. The van der Waals surface area contributed by atoms with Crippen molar-refractivity contribution in [1.82, 2.24) is 4.98 Å². The fourth-order valence-corrected chi connectivity index (χ4v) is 2.34. The number of thiazole rings is 1. The quantitative estimate of drug-likeness (QED) is 0.650. The molecule has 0 spiro atoms. The van der Waals surface area contributed by atoms with E-state index in [0.717, 1.165) is 17.0 Å². The molecule has 2 rings (SSSR count). The van der Waals surface area contributed by atoms with Crippen molar-refractivity contribution < 1.29 is 19.1 Å². The molecular weight excluding hydrogens is 316 g/mol. The first-order valence-electron chi connectivity index (χ1n) is 6.77. The Morgan fingerprint density at radius 2 is 2.04 bits per heavy atom. The summed E-state index contributed by atoms with van der Waals surface area (Å²) in [6.45, 7) is 1.47. The number of ether oxygens (including phenoxy) is 2. The van der Waals surface area contributed by atoms with Crippen molar-refractivity contribution in [3.63, 3.8) is 0 Å². The van der Waals surface area contributed by atoms with Crippen LogP contribution in [0.2, 0.25) is 0 Å². The second kappa shape index (κ2) is 8.09. The summed E-state index contributed by atoms with van der Waals surface area (Å²) < 4.78 is 9.91. The van der Waals surface area contributed by atoms with Crippen molar-refractivity contribution in [3.05, 3.63) is 47.0 Å². The lowest BCUT2D eigenvalue weighted by Gasteiger charge is -2.02. The summed E-state index contributed by atoms with van der Waals surface area (Å²) in [5.74, 6) is -0.282. The first kappa shape index (κ1) is 16.7. The predicted octanol–water partition coefficient (Wildman–Crippen LogP) is 2.66. The van der Waals surface area contributed by atoms with Crippen molar-refractivity contribution in [2.45, 2.75) is 6.92 Å². The van der Waals surface area contributed by atoms with E-state index in [1.54, 1.807) is 37.5 Å². The normalized spacial score (nSPS) is 10.5. The molecule has 6 nitrogen and oxygen atoms in total. The molecule has 1 amide bonds. The van der Waals surface area contributed by atoms with Gasteiger partial charge < -0.3 is 9.47 Å². The number of aryl methyl sites for hydroxylation is 1. The molecule has 1 aromatic carbocycles. The second-order valence-electron chi connectivity index (χ2n) is 4.56. The number of nitrogens with one attached hydrogen (secondary N) is 1. The molecule has 1 aromatic heterocycles. The highest BCUT2D eigenvalue weighted by molar-refractivity contribution is 7.13. The van der Waals surface area contributed by atoms with Crippen molar-refractivity contribution in [2.24, 2.45) is 0 Å². The van der Waals surface area contributed by atoms with E-state index >= 15 is 0 Å². The van der Waals surface area contributed by atoms with Gasteiger partial charge in [-0.1, -0.05) is 12.1 Å². The minimum atomic E-state index is -0.591. The van der Waals surface area contributed by atoms with E-state index in [4.69, 9.17) is 9.47 Å². The number of esters is 1. The molecule has 0 aliphatic rings. The SMILES string of the molecule is COc1ccc(/C=C/C(=O)OCC(=O)Nc2nc(C)cs2)cc1. The number of benzene rings is 1. The van der Waals surface area contributed by atoms with Crippen molar-refractivity contribution >= 4 is 34.4 Å². The molecule has 1 heterocycles. The Kier molecular flexibility index (Phi) is 5.87. The summed E-state index contributed by atoms with van der Waals surface area (Å²) in [4.78, 5) is 27.3. The average molecular weight is 332 g/mol. The van der Waals surface area contributed by atoms with Crippen LogP contribution in [0, 0.1) is 6.92 Å². The Morgan fingerprint density at radius 3 is 2.65 bits per heavy atom. The van der Waals surface area contributed by atoms with Gasteiger partial charge in [-0.25, -0.2) is 9.78 Å². The lowest BCUT2D eigenvalue weighted by Crippen LogP contribution is -2.20. The molecule has 23 heavy (non-hydrogen) atoms. The van der Waals surface area contributed by atoms with Crippen molar-refractivity contribution in [1.29, 1.82) is 0 Å². The number of carbonyl (C=O) groups is 2. The van der Waals surface area contributed by atoms with Crippen LogP contribution in [0.4, 0.5) is 5.13 Å². The van der Waals surface area contributed by atoms with Gasteiger partial charge in [-0.2, -0.15) is 0 Å². The fraction of sp³-hybridized carbons (Fsp3) is 0.188. The van der Waals surface area contributed by atoms with Crippen LogP contribution in [-0.2, 0) is 14.3 Å². The monoisotopic (exact) mass is 332 g/mol. The zero-order valence-corrected chi connectivity index (χ0v) is 13.6. The topological polar surface area (TPSA) is 77.5 Å². The number of aromatic nitrogens is 1.